The molecule has 7 nitrogen and oxygen atoms in total. The minimum atomic E-state index is 0.0514. The van der Waals surface area contributed by atoms with Crippen molar-refractivity contribution >= 4 is 5.95 Å². The molecule has 1 saturated heterocycles. The third-order valence-corrected chi connectivity index (χ3v) is 3.04. The van der Waals surface area contributed by atoms with Gasteiger partial charge in [-0.25, -0.2) is 0 Å². The number of piperidine rings is 1. The van der Waals surface area contributed by atoms with Gasteiger partial charge in [0.05, 0.1) is 26.9 Å². The highest BCUT2D eigenvalue weighted by atomic mass is 16.5. The number of rotatable bonds is 4. The Bertz CT molecular complexity index is 380. The summed E-state index contributed by atoms with van der Waals surface area (Å²) in [5.74, 6) is 0.498. The maximum atomic E-state index is 9.40. The van der Waals surface area contributed by atoms with Crippen LogP contribution < -0.4 is 14.4 Å². The van der Waals surface area contributed by atoms with E-state index in [1.165, 1.54) is 14.2 Å². The molecule has 1 aromatic rings. The Kier molecular flexibility index (Phi) is 4.14. The number of methoxy groups -OCH3 is 2. The lowest BCUT2D eigenvalue weighted by Gasteiger charge is -2.34. The van der Waals surface area contributed by atoms with Gasteiger partial charge in [0.2, 0.25) is 5.95 Å². The zero-order valence-electron chi connectivity index (χ0n) is 10.7. The molecule has 0 amide bonds. The molecule has 1 N–H and O–H groups in total. The summed E-state index contributed by atoms with van der Waals surface area (Å²) in [6.45, 7) is 0.915. The number of ether oxygens (including phenoxy) is 2. The largest absolute Gasteiger partial charge is 0.467 e. The van der Waals surface area contributed by atoms with Crippen LogP contribution >= 0.6 is 0 Å². The van der Waals surface area contributed by atoms with Crippen molar-refractivity contribution < 1.29 is 14.6 Å². The molecule has 0 radical (unpaired) electrons. The number of aromatic nitrogens is 3. The van der Waals surface area contributed by atoms with Gasteiger partial charge in [-0.2, -0.15) is 9.97 Å². The summed E-state index contributed by atoms with van der Waals surface area (Å²) >= 11 is 0. The second-order valence-electron chi connectivity index (χ2n) is 4.13. The van der Waals surface area contributed by atoms with Crippen molar-refractivity contribution in [3.05, 3.63) is 0 Å². The van der Waals surface area contributed by atoms with Crippen LogP contribution in [0.3, 0.4) is 0 Å². The van der Waals surface area contributed by atoms with Gasteiger partial charge in [0, 0.05) is 6.54 Å². The van der Waals surface area contributed by atoms with E-state index in [9.17, 15) is 5.11 Å². The first-order valence-electron chi connectivity index (χ1n) is 6.00. The Morgan fingerprint density at radius 3 is 2.39 bits per heavy atom. The van der Waals surface area contributed by atoms with Crippen LogP contribution in [0.15, 0.2) is 0 Å². The Labute approximate surface area is 106 Å². The van der Waals surface area contributed by atoms with Gasteiger partial charge < -0.3 is 19.5 Å². The van der Waals surface area contributed by atoms with Crippen LogP contribution in [0.2, 0.25) is 0 Å². The molecule has 18 heavy (non-hydrogen) atoms. The maximum Gasteiger partial charge on any atom is 0.324 e. The molecule has 1 aromatic heterocycles. The van der Waals surface area contributed by atoms with E-state index in [0.29, 0.717) is 5.95 Å². The summed E-state index contributed by atoms with van der Waals surface area (Å²) < 4.78 is 10.1. The lowest BCUT2D eigenvalue weighted by atomic mass is 10.0. The molecule has 0 saturated carbocycles. The van der Waals surface area contributed by atoms with E-state index in [1.54, 1.807) is 0 Å². The molecule has 1 fully saturated rings. The molecule has 1 aliphatic heterocycles. The third kappa shape index (κ3) is 2.61. The molecule has 1 atom stereocenters. The first-order valence-corrected chi connectivity index (χ1v) is 6.00. The van der Waals surface area contributed by atoms with E-state index in [4.69, 9.17) is 9.47 Å². The number of hydrogen-bond acceptors (Lipinski definition) is 7. The molecule has 0 bridgehead atoms. The Morgan fingerprint density at radius 1 is 1.17 bits per heavy atom. The first-order chi connectivity index (χ1) is 8.78. The highest BCUT2D eigenvalue weighted by Gasteiger charge is 2.25. The van der Waals surface area contributed by atoms with Crippen molar-refractivity contribution in [1.29, 1.82) is 0 Å². The lowest BCUT2D eigenvalue weighted by molar-refractivity contribution is 0.237. The normalized spacial score (nSPS) is 19.7. The maximum absolute atomic E-state index is 9.40. The van der Waals surface area contributed by atoms with Crippen molar-refractivity contribution in [3.8, 4) is 12.0 Å². The monoisotopic (exact) mass is 254 g/mol. The van der Waals surface area contributed by atoms with E-state index in [1.807, 2.05) is 4.90 Å². The summed E-state index contributed by atoms with van der Waals surface area (Å²) in [5, 5.41) is 9.40. The van der Waals surface area contributed by atoms with Crippen molar-refractivity contribution in [2.45, 2.75) is 25.3 Å². The Balaban J connectivity index is 2.29. The number of hydrogen-bond donors (Lipinski definition) is 1. The molecule has 1 aliphatic rings. The molecule has 0 spiro atoms. The van der Waals surface area contributed by atoms with Crippen molar-refractivity contribution in [2.24, 2.45) is 0 Å². The van der Waals surface area contributed by atoms with E-state index in [2.05, 4.69) is 15.0 Å². The summed E-state index contributed by atoms with van der Waals surface area (Å²) in [7, 11) is 3.00. The number of nitrogens with zero attached hydrogens (tertiary/aromatic N) is 4. The standard InChI is InChI=1S/C11H18N4O3/c1-17-10-12-9(13-11(14-10)18-2)15-6-4-3-5-8(15)7-16/h8,16H,3-7H2,1-2H3. The Morgan fingerprint density at radius 2 is 1.83 bits per heavy atom. The van der Waals surface area contributed by atoms with Crippen molar-refractivity contribution in [1.82, 2.24) is 15.0 Å². The van der Waals surface area contributed by atoms with Gasteiger partial charge in [0.15, 0.2) is 0 Å². The van der Waals surface area contributed by atoms with Crippen LogP contribution in [0.4, 0.5) is 5.95 Å². The molecule has 2 heterocycles. The zero-order chi connectivity index (χ0) is 13.0. The molecule has 0 aromatic carbocycles. The Hall–Kier alpha value is -1.63. The number of aliphatic hydroxyl groups excluding tert-OH is 1. The average Bonchev–Trinajstić information content (AvgIpc) is 2.46. The molecule has 1 unspecified atom stereocenters. The quantitative estimate of drug-likeness (QED) is 0.824. The fourth-order valence-electron chi connectivity index (χ4n) is 2.09. The van der Waals surface area contributed by atoms with Gasteiger partial charge in [-0.3, -0.25) is 0 Å². The fraction of sp³-hybridized carbons (Fsp3) is 0.727. The van der Waals surface area contributed by atoms with Crippen molar-refractivity contribution in [2.75, 3.05) is 32.3 Å². The highest BCUT2D eigenvalue weighted by Crippen LogP contribution is 2.23. The highest BCUT2D eigenvalue weighted by molar-refractivity contribution is 5.34. The van der Waals surface area contributed by atoms with Crippen LogP contribution in [0, 0.1) is 0 Å². The average molecular weight is 254 g/mol. The van der Waals surface area contributed by atoms with Gasteiger partial charge in [-0.1, -0.05) is 0 Å². The third-order valence-electron chi connectivity index (χ3n) is 3.04. The minimum Gasteiger partial charge on any atom is -0.467 e. The van der Waals surface area contributed by atoms with E-state index < -0.39 is 0 Å². The summed E-state index contributed by atoms with van der Waals surface area (Å²) in [6, 6.07) is 0.494. The van der Waals surface area contributed by atoms with E-state index in [-0.39, 0.29) is 24.7 Å². The van der Waals surface area contributed by atoms with Crippen LogP contribution in [-0.4, -0.2) is 53.5 Å². The molecule has 7 heteroatoms. The van der Waals surface area contributed by atoms with Crippen LogP contribution in [0.1, 0.15) is 19.3 Å². The number of anilines is 1. The van der Waals surface area contributed by atoms with Gasteiger partial charge in [0.1, 0.15) is 0 Å². The van der Waals surface area contributed by atoms with Crippen molar-refractivity contribution in [3.63, 3.8) is 0 Å². The smallest absolute Gasteiger partial charge is 0.324 e. The van der Waals surface area contributed by atoms with E-state index >= 15 is 0 Å². The van der Waals surface area contributed by atoms with Gasteiger partial charge in [-0.05, 0) is 19.3 Å². The van der Waals surface area contributed by atoms with E-state index in [0.717, 1.165) is 25.8 Å². The van der Waals surface area contributed by atoms with Crippen LogP contribution in [-0.2, 0) is 0 Å². The SMILES string of the molecule is COc1nc(OC)nc(N2CCCCC2CO)n1. The minimum absolute atomic E-state index is 0.0514. The van der Waals surface area contributed by atoms with Crippen LogP contribution in [0.5, 0.6) is 12.0 Å². The van der Waals surface area contributed by atoms with Crippen LogP contribution in [0.25, 0.3) is 0 Å². The predicted molar refractivity (Wildman–Crippen MR) is 65.0 cm³/mol. The first kappa shape index (κ1) is 12.8. The molecule has 100 valence electrons. The molecular weight excluding hydrogens is 236 g/mol. The molecular formula is C11H18N4O3. The predicted octanol–water partition coefficient (Wildman–Crippen LogP) is 0.240. The summed E-state index contributed by atoms with van der Waals surface area (Å²) in [6.07, 6.45) is 3.11. The molecule has 2 rings (SSSR count). The number of aliphatic hydroxyl groups is 1. The zero-order valence-corrected chi connectivity index (χ0v) is 10.7. The van der Waals surface area contributed by atoms with Gasteiger partial charge >= 0.3 is 12.0 Å². The molecule has 0 aliphatic carbocycles. The lowest BCUT2D eigenvalue weighted by Crippen LogP contribution is -2.43. The summed E-state index contributed by atoms with van der Waals surface area (Å²) in [4.78, 5) is 14.4. The second kappa shape index (κ2) is 5.81. The van der Waals surface area contributed by atoms with Gasteiger partial charge in [0.25, 0.3) is 0 Å². The summed E-state index contributed by atoms with van der Waals surface area (Å²) in [5.41, 5.74) is 0. The fourth-order valence-corrected chi connectivity index (χ4v) is 2.09. The van der Waals surface area contributed by atoms with Gasteiger partial charge in [-0.15, -0.1) is 4.98 Å². The topological polar surface area (TPSA) is 80.6 Å². The second-order valence-corrected chi connectivity index (χ2v) is 4.13.